The molecule has 10 aromatic rings. The summed E-state index contributed by atoms with van der Waals surface area (Å²) in [6, 6.07) is 66.2. The maximum Gasteiger partial charge on any atom is 0.338 e. The van der Waals surface area contributed by atoms with Gasteiger partial charge in [0.15, 0.2) is 23.8 Å². The zero-order chi connectivity index (χ0) is 57.2. The van der Waals surface area contributed by atoms with Crippen molar-refractivity contribution in [1.82, 2.24) is 29.2 Å². The Labute approximate surface area is 488 Å². The third-order valence-electron chi connectivity index (χ3n) is 13.7. The lowest BCUT2D eigenvalue weighted by atomic mass is 10.0. The predicted molar refractivity (Wildman–Crippen MR) is 313 cm³/mol. The first-order valence-electron chi connectivity index (χ1n) is 27.0. The van der Waals surface area contributed by atoms with Gasteiger partial charge in [0.2, 0.25) is 5.79 Å². The molecule has 6 aromatic carbocycles. The van der Waals surface area contributed by atoms with Gasteiger partial charge in [-0.15, -0.1) is 0 Å². The Morgan fingerprint density at radius 3 is 1.36 bits per heavy atom. The maximum absolute atomic E-state index is 12.6. The fourth-order valence-electron chi connectivity index (χ4n) is 9.55. The van der Waals surface area contributed by atoms with Gasteiger partial charge < -0.3 is 54.5 Å². The van der Waals surface area contributed by atoms with E-state index in [9.17, 15) is 9.90 Å². The van der Waals surface area contributed by atoms with Gasteiger partial charge in [-0.25, -0.2) is 23.8 Å². The minimum atomic E-state index is -1.93. The number of aliphatic hydroxyl groups is 1. The number of ether oxygens (including phenoxy) is 8. The number of benzene rings is 6. The number of rotatable bonds is 21. The van der Waals surface area contributed by atoms with E-state index in [0.29, 0.717) is 50.1 Å². The molecular formula is C64H63BrN8O10. The van der Waals surface area contributed by atoms with Gasteiger partial charge >= 0.3 is 5.97 Å². The van der Waals surface area contributed by atoms with Crippen molar-refractivity contribution in [1.29, 1.82) is 0 Å². The number of carbonyl (C=O) groups excluding carboxylic acids is 1. The van der Waals surface area contributed by atoms with Crippen LogP contribution in [0.2, 0.25) is 0 Å². The molecule has 83 heavy (non-hydrogen) atoms. The van der Waals surface area contributed by atoms with Crippen molar-refractivity contribution in [3.05, 3.63) is 263 Å². The molecule has 7 atom stereocenters. The van der Waals surface area contributed by atoms with Crippen molar-refractivity contribution in [2.24, 2.45) is 0 Å². The molecule has 2 aliphatic rings. The number of halogens is 1. The molecule has 5 N–H and O–H groups in total. The number of esters is 1. The third-order valence-corrected chi connectivity index (χ3v) is 14.3. The van der Waals surface area contributed by atoms with Crippen LogP contribution < -0.4 is 11.5 Å². The number of nitrogen functional groups attached to an aromatic ring is 2. The summed E-state index contributed by atoms with van der Waals surface area (Å²) in [6.07, 6.45) is -1.36. The quantitative estimate of drug-likeness (QED) is 0.0570. The van der Waals surface area contributed by atoms with Crippen molar-refractivity contribution in [3.63, 3.8) is 0 Å². The van der Waals surface area contributed by atoms with E-state index in [0.717, 1.165) is 43.5 Å². The van der Waals surface area contributed by atoms with E-state index < -0.39 is 48.4 Å². The van der Waals surface area contributed by atoms with Crippen LogP contribution in [-0.2, 0) is 88.1 Å². The van der Waals surface area contributed by atoms with E-state index in [1.807, 2.05) is 194 Å². The molecule has 0 radical (unpaired) electrons. The van der Waals surface area contributed by atoms with Crippen LogP contribution in [0.3, 0.4) is 0 Å². The Bertz CT molecular complexity index is 3580. The molecule has 2 saturated heterocycles. The Morgan fingerprint density at radius 2 is 0.880 bits per heavy atom. The number of carbonyl (C=O) groups is 1. The van der Waals surface area contributed by atoms with Gasteiger partial charge in [0.25, 0.3) is 0 Å². The average molecular weight is 1180 g/mol. The van der Waals surface area contributed by atoms with Crippen LogP contribution in [0.4, 0.5) is 11.6 Å². The maximum atomic E-state index is 12.6. The fourth-order valence-corrected chi connectivity index (χ4v) is 9.97. The highest BCUT2D eigenvalue weighted by Crippen LogP contribution is 2.43. The second-order valence-electron chi connectivity index (χ2n) is 19.5. The van der Waals surface area contributed by atoms with E-state index in [1.165, 1.54) is 17.2 Å². The Kier molecular flexibility index (Phi) is 20.0. The van der Waals surface area contributed by atoms with Crippen molar-refractivity contribution in [2.45, 2.75) is 82.1 Å². The zero-order valence-electron chi connectivity index (χ0n) is 45.2. The number of aromatic nitrogens is 6. The Hall–Kier alpha value is -8.21. The van der Waals surface area contributed by atoms with Gasteiger partial charge in [0, 0.05) is 0 Å². The summed E-state index contributed by atoms with van der Waals surface area (Å²) in [6.45, 7) is 2.45. The van der Waals surface area contributed by atoms with Crippen LogP contribution >= 0.6 is 15.9 Å². The molecule has 2 aliphatic heterocycles. The van der Waals surface area contributed by atoms with E-state index in [2.05, 4.69) is 36.1 Å². The van der Waals surface area contributed by atoms with Gasteiger partial charge in [0.1, 0.15) is 58.4 Å². The van der Waals surface area contributed by atoms with Crippen LogP contribution in [0.5, 0.6) is 0 Å². The Morgan fingerprint density at radius 1 is 0.482 bits per heavy atom. The monoisotopic (exact) mass is 1180 g/mol. The lowest BCUT2D eigenvalue weighted by Gasteiger charge is -2.30. The molecule has 2 fully saturated rings. The minimum Gasteiger partial charge on any atom is -0.455 e. The summed E-state index contributed by atoms with van der Waals surface area (Å²) in [4.78, 5) is 20.5. The number of nitrogens with zero attached hydrogens (tertiary/aromatic N) is 6. The lowest BCUT2D eigenvalue weighted by Crippen LogP contribution is -2.45. The van der Waals surface area contributed by atoms with Crippen LogP contribution in [-0.4, -0.2) is 90.1 Å². The molecule has 12 rings (SSSR count). The van der Waals surface area contributed by atoms with Crippen molar-refractivity contribution < 1.29 is 47.8 Å². The number of hydrogen-bond donors (Lipinski definition) is 3. The van der Waals surface area contributed by atoms with E-state index in [-0.39, 0.29) is 25.6 Å². The topological polar surface area (TPSA) is 224 Å². The number of fused-ring (bicyclic) bond motifs is 2. The van der Waals surface area contributed by atoms with Gasteiger partial charge in [-0.3, -0.25) is 0 Å². The van der Waals surface area contributed by atoms with E-state index in [1.54, 1.807) is 16.6 Å². The smallest absolute Gasteiger partial charge is 0.338 e. The van der Waals surface area contributed by atoms with Gasteiger partial charge in [-0.2, -0.15) is 10.2 Å². The van der Waals surface area contributed by atoms with Crippen molar-refractivity contribution >= 4 is 44.6 Å². The number of nitrogens with two attached hydrogens (primary N) is 2. The molecule has 18 nitrogen and oxygen atoms in total. The Balaban J connectivity index is 0.000000160. The molecule has 0 amide bonds. The van der Waals surface area contributed by atoms with Crippen molar-refractivity contribution in [2.75, 3.05) is 24.7 Å². The molecule has 4 aromatic heterocycles. The average Bonchev–Trinajstić information content (AvgIpc) is 3.64. The molecular weight excluding hydrogens is 1120 g/mol. The summed E-state index contributed by atoms with van der Waals surface area (Å²) in [7, 11) is 0. The molecule has 426 valence electrons. The largest absolute Gasteiger partial charge is 0.455 e. The minimum absolute atomic E-state index is 0.169. The lowest BCUT2D eigenvalue weighted by molar-refractivity contribution is -0.256. The molecule has 0 aliphatic carbocycles. The summed E-state index contributed by atoms with van der Waals surface area (Å²) < 4.78 is 53.0. The molecule has 1 unspecified atom stereocenters. The third kappa shape index (κ3) is 15.1. The van der Waals surface area contributed by atoms with E-state index in [4.69, 9.17) is 49.4 Å². The number of cyclic esters (lactones) is 1. The van der Waals surface area contributed by atoms with Crippen LogP contribution in [0.25, 0.3) is 11.0 Å². The molecule has 6 heterocycles. The highest BCUT2D eigenvalue weighted by Gasteiger charge is 2.59. The molecule has 0 saturated carbocycles. The van der Waals surface area contributed by atoms with Crippen LogP contribution in [0, 0.1) is 0 Å². The van der Waals surface area contributed by atoms with Gasteiger partial charge in [-0.1, -0.05) is 182 Å². The summed E-state index contributed by atoms with van der Waals surface area (Å²) in [5.74, 6) is -1.56. The SMILES string of the molecule is Nc1ncnn2c(Br)ccc12.Nc1ncnn2c(C3(O)O[C@H](COCc4ccccc4)[C@@H](OCc4ccccc4)[C@H]3OCc3ccccc3)ccc12.O=C1O[C@H](COCc2ccccc2)[C@@H](OCc2ccccc2)[C@H]1OCc1ccccc1. The summed E-state index contributed by atoms with van der Waals surface area (Å²) >= 11 is 3.32. The molecule has 0 bridgehead atoms. The normalized spacial score (nSPS) is 20.1. The first kappa shape index (κ1) is 58.0. The first-order chi connectivity index (χ1) is 40.7. The molecule has 0 spiro atoms. The van der Waals surface area contributed by atoms with E-state index >= 15 is 0 Å². The van der Waals surface area contributed by atoms with Crippen molar-refractivity contribution in [3.8, 4) is 0 Å². The molecule has 19 heteroatoms. The number of anilines is 2. The summed E-state index contributed by atoms with van der Waals surface area (Å²) in [5.41, 5.74) is 19.4. The zero-order valence-corrected chi connectivity index (χ0v) is 46.8. The van der Waals surface area contributed by atoms with Crippen LogP contribution in [0.15, 0.2) is 224 Å². The standard InChI is InChI=1S/C32H32N4O5.C26H26O5.C6H5BrN4/c33-31-26-16-17-28(36(26)35-22-34-31)32(37)30(40-20-25-14-8-3-9-15-25)29(39-19-24-12-6-2-7-13-24)27(41-32)21-38-18-23-10-4-1-5-11-23;27-26-25(30-18-22-14-8-3-9-15-22)24(29-17-21-12-6-2-7-13-21)23(31-26)19-28-16-20-10-4-1-5-11-20;7-5-2-1-4-6(8)9-3-10-11(4)5/h1-17,22,27,29-30,37H,18-21H2,(H2,33,34,35);1-15,23-25H,16-19H2;1-3H,(H2,8,9,10)/t27-,29-,30-,32?;23-,24-,25-;/m11./s1. The second kappa shape index (κ2) is 28.7. The predicted octanol–water partition coefficient (Wildman–Crippen LogP) is 9.62. The highest BCUT2D eigenvalue weighted by atomic mass is 79.9. The van der Waals surface area contributed by atoms with Gasteiger partial charge in [-0.05, 0) is 73.6 Å². The highest BCUT2D eigenvalue weighted by molar-refractivity contribution is 9.10. The second-order valence-corrected chi connectivity index (χ2v) is 20.4. The summed E-state index contributed by atoms with van der Waals surface area (Å²) in [5, 5.41) is 20.7. The fraction of sp³-hybridized carbons (Fsp3) is 0.234. The van der Waals surface area contributed by atoms with Crippen LogP contribution in [0.1, 0.15) is 39.1 Å². The first-order valence-corrected chi connectivity index (χ1v) is 27.8. The van der Waals surface area contributed by atoms with Gasteiger partial charge in [0.05, 0.1) is 52.9 Å². The number of hydrogen-bond acceptors (Lipinski definition) is 16.